The third-order valence-corrected chi connectivity index (χ3v) is 3.67. The summed E-state index contributed by atoms with van der Waals surface area (Å²) in [5.74, 6) is -2.82. The molecule has 110 valence electrons. The average Bonchev–Trinajstić information content (AvgIpc) is 2.88. The number of halogens is 4. The van der Waals surface area contributed by atoms with Gasteiger partial charge >= 0.3 is 18.1 Å². The Kier molecular flexibility index (Phi) is 2.48. The number of alkyl halides is 4. The van der Waals surface area contributed by atoms with Crippen molar-refractivity contribution >= 4 is 11.9 Å². The Morgan fingerprint density at radius 1 is 1.45 bits per heavy atom. The minimum Gasteiger partial charge on any atom is -0.453 e. The van der Waals surface area contributed by atoms with Crippen molar-refractivity contribution in [1.29, 1.82) is 0 Å². The van der Waals surface area contributed by atoms with Gasteiger partial charge in [-0.3, -0.25) is 0 Å². The first kappa shape index (κ1) is 13.3. The highest BCUT2D eigenvalue weighted by Gasteiger charge is 2.74. The first-order valence-electron chi connectivity index (χ1n) is 5.67. The maximum absolute atomic E-state index is 14.1. The molecule has 0 saturated carbocycles. The van der Waals surface area contributed by atoms with Gasteiger partial charge in [0.1, 0.15) is 17.8 Å². The lowest BCUT2D eigenvalue weighted by atomic mass is 9.85. The number of hydrogen-bond donors (Lipinski definition) is 0. The summed E-state index contributed by atoms with van der Waals surface area (Å²) in [6.07, 6.45) is -10.0. The fourth-order valence-corrected chi connectivity index (χ4v) is 2.67. The molecule has 0 radical (unpaired) electrons. The summed E-state index contributed by atoms with van der Waals surface area (Å²) in [7, 11) is 0. The molecule has 5 unspecified atom stereocenters. The second-order valence-electron chi connectivity index (χ2n) is 4.88. The number of hydrogen-bond acceptors (Lipinski definition) is 5. The van der Waals surface area contributed by atoms with E-state index in [2.05, 4.69) is 11.3 Å². The van der Waals surface area contributed by atoms with Gasteiger partial charge in [0.05, 0.1) is 0 Å². The largest absolute Gasteiger partial charge is 0.453 e. The number of carbonyl (C=O) groups excluding carboxylic acids is 2. The van der Waals surface area contributed by atoms with Crippen molar-refractivity contribution in [3.05, 3.63) is 12.2 Å². The summed E-state index contributed by atoms with van der Waals surface area (Å²) in [6.45, 7) is 2.60. The quantitative estimate of drug-likeness (QED) is 0.429. The number of esters is 2. The average molecular weight is 296 g/mol. The van der Waals surface area contributed by atoms with Gasteiger partial charge in [-0.15, -0.1) is 0 Å². The number of fused-ring (bicyclic) bond motifs is 1. The smallest absolute Gasteiger partial charge is 0.422 e. The van der Waals surface area contributed by atoms with Gasteiger partial charge in [0, 0.05) is 6.42 Å². The van der Waals surface area contributed by atoms with E-state index in [9.17, 15) is 27.2 Å². The number of rotatable bonds is 2. The van der Waals surface area contributed by atoms with Crippen molar-refractivity contribution in [3.63, 3.8) is 0 Å². The predicted octanol–water partition coefficient (Wildman–Crippen LogP) is 0.821. The van der Waals surface area contributed by atoms with Gasteiger partial charge in [-0.05, 0) is 0 Å². The van der Waals surface area contributed by atoms with Crippen LogP contribution in [0.2, 0.25) is 0 Å². The van der Waals surface area contributed by atoms with Crippen molar-refractivity contribution in [2.45, 2.75) is 42.7 Å². The molecule has 5 nitrogen and oxygen atoms in total. The molecule has 2 bridgehead atoms. The van der Waals surface area contributed by atoms with Crippen LogP contribution in [0.25, 0.3) is 0 Å². The molecule has 9 heteroatoms. The van der Waals surface area contributed by atoms with E-state index < -0.39 is 60.2 Å². The van der Waals surface area contributed by atoms with E-state index in [1.807, 2.05) is 0 Å². The summed E-state index contributed by atoms with van der Waals surface area (Å²) >= 11 is 0. The minimum atomic E-state index is -4.92. The van der Waals surface area contributed by atoms with Crippen LogP contribution in [-0.2, 0) is 23.8 Å². The lowest BCUT2D eigenvalue weighted by molar-refractivity contribution is -0.165. The van der Waals surface area contributed by atoms with Gasteiger partial charge in [-0.1, -0.05) is 6.58 Å². The Hall–Kier alpha value is -1.64. The zero-order chi connectivity index (χ0) is 14.9. The molecule has 0 aromatic carbocycles. The first-order chi connectivity index (χ1) is 9.14. The molecule has 20 heavy (non-hydrogen) atoms. The summed E-state index contributed by atoms with van der Waals surface area (Å²) < 4.78 is 65.4. The Morgan fingerprint density at radius 3 is 2.70 bits per heavy atom. The van der Waals surface area contributed by atoms with Crippen molar-refractivity contribution in [3.8, 4) is 0 Å². The maximum Gasteiger partial charge on any atom is 0.422 e. The highest BCUT2D eigenvalue weighted by atomic mass is 19.4. The fraction of sp³-hybridized carbons (Fsp3) is 0.636. The van der Waals surface area contributed by atoms with E-state index in [0.29, 0.717) is 0 Å². The summed E-state index contributed by atoms with van der Waals surface area (Å²) in [5, 5.41) is 0. The molecular formula is C11H8F4O5. The molecule has 0 aromatic heterocycles. The molecule has 5 atom stereocenters. The monoisotopic (exact) mass is 296 g/mol. The van der Waals surface area contributed by atoms with Gasteiger partial charge in [-0.25, -0.2) is 14.0 Å². The molecule has 0 aliphatic carbocycles. The SMILES string of the molecule is C=C(C(=O)OC1C2CC3(F)C(=O)OC1C3O2)C(F)(F)F. The zero-order valence-electron chi connectivity index (χ0n) is 9.78. The van der Waals surface area contributed by atoms with Crippen molar-refractivity contribution < 1.29 is 41.4 Å². The third kappa shape index (κ3) is 1.58. The van der Waals surface area contributed by atoms with Crippen molar-refractivity contribution in [1.82, 2.24) is 0 Å². The van der Waals surface area contributed by atoms with Crippen LogP contribution >= 0.6 is 0 Å². The van der Waals surface area contributed by atoms with Crippen LogP contribution in [0.1, 0.15) is 6.42 Å². The molecule has 3 heterocycles. The zero-order valence-corrected chi connectivity index (χ0v) is 9.78. The van der Waals surface area contributed by atoms with Crippen LogP contribution in [0.4, 0.5) is 17.6 Å². The summed E-state index contributed by atoms with van der Waals surface area (Å²) in [5.41, 5.74) is -3.98. The molecule has 0 spiro atoms. The lowest BCUT2D eigenvalue weighted by Gasteiger charge is -2.24. The van der Waals surface area contributed by atoms with E-state index in [0.717, 1.165) is 0 Å². The van der Waals surface area contributed by atoms with Crippen LogP contribution in [-0.4, -0.2) is 48.2 Å². The normalized spacial score (nSPS) is 41.7. The highest BCUT2D eigenvalue weighted by molar-refractivity contribution is 5.90. The van der Waals surface area contributed by atoms with E-state index in [1.165, 1.54) is 0 Å². The Bertz CT molecular complexity index is 515. The minimum absolute atomic E-state index is 0.399. The van der Waals surface area contributed by atoms with Crippen LogP contribution in [0.5, 0.6) is 0 Å². The predicted molar refractivity (Wildman–Crippen MR) is 52.1 cm³/mol. The Morgan fingerprint density at radius 2 is 2.10 bits per heavy atom. The van der Waals surface area contributed by atoms with Crippen LogP contribution < -0.4 is 0 Å². The van der Waals surface area contributed by atoms with Crippen LogP contribution in [0.3, 0.4) is 0 Å². The van der Waals surface area contributed by atoms with Gasteiger partial charge in [0.15, 0.2) is 12.2 Å². The van der Waals surface area contributed by atoms with Crippen molar-refractivity contribution in [2.24, 2.45) is 0 Å². The van der Waals surface area contributed by atoms with E-state index in [4.69, 9.17) is 9.47 Å². The molecule has 0 N–H and O–H groups in total. The highest BCUT2D eigenvalue weighted by Crippen LogP contribution is 2.52. The van der Waals surface area contributed by atoms with Crippen LogP contribution in [0.15, 0.2) is 12.2 Å². The maximum atomic E-state index is 14.1. The lowest BCUT2D eigenvalue weighted by Crippen LogP contribution is -2.46. The molecule has 3 aliphatic heterocycles. The number of carbonyl (C=O) groups is 2. The van der Waals surface area contributed by atoms with Crippen LogP contribution in [0, 0.1) is 0 Å². The van der Waals surface area contributed by atoms with E-state index in [-0.39, 0.29) is 0 Å². The molecule has 3 aliphatic rings. The van der Waals surface area contributed by atoms with Gasteiger partial charge in [0.25, 0.3) is 0 Å². The molecular weight excluding hydrogens is 288 g/mol. The molecule has 3 fully saturated rings. The standard InChI is InChI=1S/C11H8F4O5/c1-3(11(13,14)15)8(16)19-5-4-2-10(12)7(18-4)6(5)20-9(10)17/h4-7H,1-2H2. The fourth-order valence-electron chi connectivity index (χ4n) is 2.67. The van der Waals surface area contributed by atoms with Gasteiger partial charge < -0.3 is 14.2 Å². The Labute approximate surface area is 109 Å². The topological polar surface area (TPSA) is 61.8 Å². The Balaban J connectivity index is 1.74. The van der Waals surface area contributed by atoms with Gasteiger partial charge in [0.2, 0.25) is 5.67 Å². The summed E-state index contributed by atoms with van der Waals surface area (Å²) in [4.78, 5) is 22.7. The second kappa shape index (κ2) is 3.72. The number of ether oxygens (including phenoxy) is 3. The van der Waals surface area contributed by atoms with Gasteiger partial charge in [-0.2, -0.15) is 13.2 Å². The van der Waals surface area contributed by atoms with E-state index in [1.54, 1.807) is 0 Å². The molecule has 0 aromatic rings. The third-order valence-electron chi connectivity index (χ3n) is 3.67. The molecule has 3 saturated heterocycles. The molecule has 0 amide bonds. The summed E-state index contributed by atoms with van der Waals surface area (Å²) in [6, 6.07) is 0. The van der Waals surface area contributed by atoms with Crippen molar-refractivity contribution in [2.75, 3.05) is 0 Å². The first-order valence-corrected chi connectivity index (χ1v) is 5.67. The second-order valence-corrected chi connectivity index (χ2v) is 4.88. The van der Waals surface area contributed by atoms with E-state index >= 15 is 0 Å². The molecule has 3 rings (SSSR count).